The van der Waals surface area contributed by atoms with Crippen molar-refractivity contribution in [1.29, 1.82) is 0 Å². The molecule has 92 valence electrons. The van der Waals surface area contributed by atoms with Crippen LogP contribution in [0, 0.1) is 0 Å². The Morgan fingerprint density at radius 2 is 2.11 bits per heavy atom. The summed E-state index contributed by atoms with van der Waals surface area (Å²) in [6.45, 7) is 4.23. The van der Waals surface area contributed by atoms with Gasteiger partial charge >= 0.3 is 0 Å². The molecule has 0 atom stereocenters. The summed E-state index contributed by atoms with van der Waals surface area (Å²) in [6.07, 6.45) is 4.48. The molecule has 0 saturated carbocycles. The summed E-state index contributed by atoms with van der Waals surface area (Å²) >= 11 is 0. The molecule has 4 nitrogen and oxygen atoms in total. The van der Waals surface area contributed by atoms with Crippen molar-refractivity contribution in [3.63, 3.8) is 0 Å². The van der Waals surface area contributed by atoms with Gasteiger partial charge in [-0.05, 0) is 23.6 Å². The van der Waals surface area contributed by atoms with Crippen molar-refractivity contribution in [2.24, 2.45) is 0 Å². The summed E-state index contributed by atoms with van der Waals surface area (Å²) in [5.41, 5.74) is 2.27. The highest BCUT2D eigenvalue weighted by molar-refractivity contribution is 6.02. The monoisotopic (exact) mass is 241 g/mol. The van der Waals surface area contributed by atoms with Crippen molar-refractivity contribution in [3.05, 3.63) is 54.1 Å². The molecule has 0 spiro atoms. The zero-order chi connectivity index (χ0) is 13.0. The van der Waals surface area contributed by atoms with Crippen LogP contribution in [-0.2, 0) is 0 Å². The van der Waals surface area contributed by atoms with Gasteiger partial charge in [0, 0.05) is 18.1 Å². The van der Waals surface area contributed by atoms with Gasteiger partial charge in [0.1, 0.15) is 5.69 Å². The van der Waals surface area contributed by atoms with Crippen LogP contribution in [0.15, 0.2) is 42.9 Å². The Bertz CT molecular complexity index is 538. The molecule has 18 heavy (non-hydrogen) atoms. The smallest absolute Gasteiger partial charge is 0.275 e. The fourth-order valence-electron chi connectivity index (χ4n) is 1.59. The summed E-state index contributed by atoms with van der Waals surface area (Å²) in [4.78, 5) is 19.7. The number of aromatic nitrogens is 2. The summed E-state index contributed by atoms with van der Waals surface area (Å²) in [5.74, 6) is 0.183. The van der Waals surface area contributed by atoms with Crippen molar-refractivity contribution in [2.75, 3.05) is 5.32 Å². The van der Waals surface area contributed by atoms with Gasteiger partial charge in [-0.15, -0.1) is 0 Å². The maximum Gasteiger partial charge on any atom is 0.275 e. The van der Waals surface area contributed by atoms with E-state index >= 15 is 0 Å². The van der Waals surface area contributed by atoms with Gasteiger partial charge in [0.2, 0.25) is 0 Å². The molecule has 1 amide bonds. The van der Waals surface area contributed by atoms with Crippen molar-refractivity contribution in [1.82, 2.24) is 9.97 Å². The Morgan fingerprint density at radius 1 is 1.28 bits per heavy atom. The SMILES string of the molecule is CC(C)c1cccc(NC(=O)c2cnccn2)c1. The Hall–Kier alpha value is -2.23. The molecule has 1 aromatic heterocycles. The number of anilines is 1. The van der Waals surface area contributed by atoms with E-state index in [0.717, 1.165) is 5.69 Å². The average molecular weight is 241 g/mol. The highest BCUT2D eigenvalue weighted by atomic mass is 16.1. The van der Waals surface area contributed by atoms with E-state index in [0.29, 0.717) is 11.6 Å². The molecule has 0 aliphatic heterocycles. The lowest BCUT2D eigenvalue weighted by atomic mass is 10.0. The molecule has 2 rings (SSSR count). The van der Waals surface area contributed by atoms with Crippen LogP contribution >= 0.6 is 0 Å². The maximum atomic E-state index is 11.9. The van der Waals surface area contributed by atoms with Crippen molar-refractivity contribution in [2.45, 2.75) is 19.8 Å². The first-order valence-corrected chi connectivity index (χ1v) is 5.84. The van der Waals surface area contributed by atoms with Crippen LogP contribution in [0.5, 0.6) is 0 Å². The molecule has 0 radical (unpaired) electrons. The van der Waals surface area contributed by atoms with Gasteiger partial charge in [0.25, 0.3) is 5.91 Å². The van der Waals surface area contributed by atoms with E-state index in [1.807, 2.05) is 24.3 Å². The second-order valence-electron chi connectivity index (χ2n) is 4.32. The molecule has 1 heterocycles. The predicted octanol–water partition coefficient (Wildman–Crippen LogP) is 2.85. The van der Waals surface area contributed by atoms with Crippen molar-refractivity contribution < 1.29 is 4.79 Å². The van der Waals surface area contributed by atoms with Crippen LogP contribution in [0.2, 0.25) is 0 Å². The fraction of sp³-hybridized carbons (Fsp3) is 0.214. The number of nitrogens with one attached hydrogen (secondary N) is 1. The molecule has 1 N–H and O–H groups in total. The average Bonchev–Trinajstić information content (AvgIpc) is 2.40. The molecule has 1 aromatic carbocycles. The standard InChI is InChI=1S/C14H15N3O/c1-10(2)11-4-3-5-12(8-11)17-14(18)13-9-15-6-7-16-13/h3-10H,1-2H3,(H,17,18). The lowest BCUT2D eigenvalue weighted by molar-refractivity contribution is 0.102. The Balaban J connectivity index is 2.15. The zero-order valence-electron chi connectivity index (χ0n) is 10.4. The predicted molar refractivity (Wildman–Crippen MR) is 70.5 cm³/mol. The van der Waals surface area contributed by atoms with Gasteiger partial charge in [-0.3, -0.25) is 9.78 Å². The minimum Gasteiger partial charge on any atom is -0.321 e. The summed E-state index contributed by atoms with van der Waals surface area (Å²) in [7, 11) is 0. The van der Waals surface area contributed by atoms with Gasteiger partial charge in [-0.1, -0.05) is 26.0 Å². The van der Waals surface area contributed by atoms with Crippen LogP contribution in [0.1, 0.15) is 35.8 Å². The maximum absolute atomic E-state index is 11.9. The van der Waals surface area contributed by atoms with Gasteiger partial charge in [0.15, 0.2) is 0 Å². The van der Waals surface area contributed by atoms with Gasteiger partial charge < -0.3 is 5.32 Å². The largest absolute Gasteiger partial charge is 0.321 e. The topological polar surface area (TPSA) is 54.9 Å². The van der Waals surface area contributed by atoms with E-state index in [-0.39, 0.29) is 5.91 Å². The molecular weight excluding hydrogens is 226 g/mol. The van der Waals surface area contributed by atoms with Crippen LogP contribution < -0.4 is 5.32 Å². The van der Waals surface area contributed by atoms with Gasteiger partial charge in [0.05, 0.1) is 6.20 Å². The van der Waals surface area contributed by atoms with E-state index < -0.39 is 0 Å². The summed E-state index contributed by atoms with van der Waals surface area (Å²) in [6, 6.07) is 7.81. The molecule has 0 unspecified atom stereocenters. The van der Waals surface area contributed by atoms with Crippen molar-refractivity contribution >= 4 is 11.6 Å². The number of nitrogens with zero attached hydrogens (tertiary/aromatic N) is 2. The normalized spacial score (nSPS) is 10.4. The van der Waals surface area contributed by atoms with E-state index in [1.165, 1.54) is 24.2 Å². The molecule has 0 aliphatic carbocycles. The summed E-state index contributed by atoms with van der Waals surface area (Å²) < 4.78 is 0. The number of hydrogen-bond acceptors (Lipinski definition) is 3. The number of amides is 1. The third-order valence-corrected chi connectivity index (χ3v) is 2.61. The van der Waals surface area contributed by atoms with Crippen LogP contribution in [0.4, 0.5) is 5.69 Å². The molecule has 2 aromatic rings. The van der Waals surface area contributed by atoms with Crippen LogP contribution in [-0.4, -0.2) is 15.9 Å². The molecule has 0 aliphatic rings. The minimum absolute atomic E-state index is 0.246. The number of carbonyl (C=O) groups is 1. The second-order valence-corrected chi connectivity index (χ2v) is 4.32. The number of carbonyl (C=O) groups excluding carboxylic acids is 1. The molecule has 4 heteroatoms. The molecule has 0 bridgehead atoms. The summed E-state index contributed by atoms with van der Waals surface area (Å²) in [5, 5.41) is 2.81. The van der Waals surface area contributed by atoms with Crippen LogP contribution in [0.3, 0.4) is 0 Å². The lowest BCUT2D eigenvalue weighted by Gasteiger charge is -2.09. The first-order chi connectivity index (χ1) is 8.66. The third-order valence-electron chi connectivity index (χ3n) is 2.61. The second kappa shape index (κ2) is 5.40. The minimum atomic E-state index is -0.246. The van der Waals surface area contributed by atoms with Crippen molar-refractivity contribution in [3.8, 4) is 0 Å². The number of rotatable bonds is 3. The third kappa shape index (κ3) is 2.91. The van der Waals surface area contributed by atoms with Gasteiger partial charge in [-0.25, -0.2) is 4.98 Å². The fourth-order valence-corrected chi connectivity index (χ4v) is 1.59. The first-order valence-electron chi connectivity index (χ1n) is 5.84. The highest BCUT2D eigenvalue weighted by Gasteiger charge is 2.08. The van der Waals surface area contributed by atoms with E-state index in [9.17, 15) is 4.79 Å². The Morgan fingerprint density at radius 3 is 2.78 bits per heavy atom. The number of benzene rings is 1. The molecular formula is C14H15N3O. The lowest BCUT2D eigenvalue weighted by Crippen LogP contribution is -2.13. The van der Waals surface area contributed by atoms with E-state index in [4.69, 9.17) is 0 Å². The quantitative estimate of drug-likeness (QED) is 0.899. The Kier molecular flexibility index (Phi) is 3.67. The zero-order valence-corrected chi connectivity index (χ0v) is 10.4. The number of hydrogen-bond donors (Lipinski definition) is 1. The van der Waals surface area contributed by atoms with Gasteiger partial charge in [-0.2, -0.15) is 0 Å². The Labute approximate surface area is 106 Å². The van der Waals surface area contributed by atoms with E-state index in [2.05, 4.69) is 29.1 Å². The first kappa shape index (κ1) is 12.2. The van der Waals surface area contributed by atoms with Crippen LogP contribution in [0.25, 0.3) is 0 Å². The highest BCUT2D eigenvalue weighted by Crippen LogP contribution is 2.18. The molecule has 0 saturated heterocycles. The van der Waals surface area contributed by atoms with E-state index in [1.54, 1.807) is 0 Å². The molecule has 0 fully saturated rings.